The Bertz CT molecular complexity index is 858. The fraction of sp³-hybridized carbons (Fsp3) is 0.300. The minimum atomic E-state index is -0.182. The maximum atomic E-state index is 12.6. The van der Waals surface area contributed by atoms with Crippen LogP contribution in [0, 0.1) is 27.7 Å². The molecule has 1 unspecified atom stereocenters. The summed E-state index contributed by atoms with van der Waals surface area (Å²) in [6, 6.07) is 11.4. The van der Waals surface area contributed by atoms with Crippen LogP contribution in [0.3, 0.4) is 0 Å². The summed E-state index contributed by atoms with van der Waals surface area (Å²) < 4.78 is 7.48. The molecular formula is C20H23N3O2. The van der Waals surface area contributed by atoms with Gasteiger partial charge in [-0.2, -0.15) is 5.10 Å². The van der Waals surface area contributed by atoms with E-state index in [4.69, 9.17) is 4.42 Å². The average Bonchev–Trinajstić information content (AvgIpc) is 3.17. The molecule has 2 heterocycles. The molecule has 1 aromatic carbocycles. The molecule has 5 heteroatoms. The number of nitrogens with zero attached hydrogens (tertiary/aromatic N) is 2. The molecule has 0 bridgehead atoms. The molecule has 3 rings (SSSR count). The van der Waals surface area contributed by atoms with Crippen molar-refractivity contribution in [2.45, 2.75) is 33.7 Å². The Morgan fingerprint density at radius 1 is 1.16 bits per heavy atom. The van der Waals surface area contributed by atoms with E-state index < -0.39 is 0 Å². The van der Waals surface area contributed by atoms with Gasteiger partial charge in [0, 0.05) is 17.8 Å². The van der Waals surface area contributed by atoms with Crippen LogP contribution in [0.15, 0.2) is 47.1 Å². The first-order chi connectivity index (χ1) is 11.9. The van der Waals surface area contributed by atoms with Gasteiger partial charge in [0.15, 0.2) is 0 Å². The highest BCUT2D eigenvalue weighted by atomic mass is 16.3. The quantitative estimate of drug-likeness (QED) is 0.772. The van der Waals surface area contributed by atoms with Gasteiger partial charge in [-0.15, -0.1) is 0 Å². The third-order valence-electron chi connectivity index (χ3n) is 4.15. The second-order valence-electron chi connectivity index (χ2n) is 6.49. The van der Waals surface area contributed by atoms with E-state index in [-0.39, 0.29) is 11.9 Å². The number of nitrogens with one attached hydrogen (secondary N) is 1. The van der Waals surface area contributed by atoms with E-state index in [0.717, 1.165) is 28.3 Å². The summed E-state index contributed by atoms with van der Waals surface area (Å²) in [7, 11) is 0. The molecule has 5 nitrogen and oxygen atoms in total. The van der Waals surface area contributed by atoms with Crippen molar-refractivity contribution in [3.05, 3.63) is 76.5 Å². The summed E-state index contributed by atoms with van der Waals surface area (Å²) in [5, 5.41) is 7.57. The number of carbonyl (C=O) groups excluding carboxylic acids is 1. The number of benzene rings is 1. The first-order valence-corrected chi connectivity index (χ1v) is 8.36. The molecule has 1 amide bonds. The molecule has 130 valence electrons. The van der Waals surface area contributed by atoms with Crippen LogP contribution in [-0.2, 0) is 0 Å². The summed E-state index contributed by atoms with van der Waals surface area (Å²) in [5.74, 6) is 0.678. The van der Waals surface area contributed by atoms with Gasteiger partial charge < -0.3 is 9.73 Å². The zero-order chi connectivity index (χ0) is 18.0. The Morgan fingerprint density at radius 2 is 1.88 bits per heavy atom. The highest BCUT2D eigenvalue weighted by Crippen LogP contribution is 2.20. The molecular weight excluding hydrogens is 314 g/mol. The number of hydrogen-bond donors (Lipinski definition) is 1. The predicted molar refractivity (Wildman–Crippen MR) is 96.8 cm³/mol. The number of amides is 1. The molecule has 0 aliphatic carbocycles. The molecule has 1 atom stereocenters. The summed E-state index contributed by atoms with van der Waals surface area (Å²) in [4.78, 5) is 12.6. The summed E-state index contributed by atoms with van der Waals surface area (Å²) in [5.41, 5.74) is 4.79. The number of furan rings is 1. The maximum absolute atomic E-state index is 12.6. The third-order valence-corrected chi connectivity index (χ3v) is 4.15. The molecule has 3 aromatic rings. The molecule has 0 saturated heterocycles. The van der Waals surface area contributed by atoms with E-state index in [2.05, 4.69) is 16.5 Å². The number of aromatic nitrogens is 2. The molecule has 2 aromatic heterocycles. The maximum Gasteiger partial charge on any atom is 0.251 e. The van der Waals surface area contributed by atoms with Crippen LogP contribution in [0.1, 0.15) is 44.7 Å². The number of rotatable bonds is 5. The van der Waals surface area contributed by atoms with Crippen LogP contribution < -0.4 is 5.32 Å². The van der Waals surface area contributed by atoms with Crippen molar-refractivity contribution in [1.82, 2.24) is 15.1 Å². The van der Waals surface area contributed by atoms with Crippen molar-refractivity contribution < 1.29 is 9.21 Å². The lowest BCUT2D eigenvalue weighted by Crippen LogP contribution is -2.32. The first-order valence-electron chi connectivity index (χ1n) is 8.36. The molecule has 0 saturated carbocycles. The second-order valence-corrected chi connectivity index (χ2v) is 6.49. The van der Waals surface area contributed by atoms with Crippen molar-refractivity contribution >= 4 is 5.91 Å². The number of aryl methyl sites for hydroxylation is 4. The van der Waals surface area contributed by atoms with E-state index >= 15 is 0 Å². The van der Waals surface area contributed by atoms with E-state index in [1.807, 2.05) is 62.7 Å². The second kappa shape index (κ2) is 6.97. The van der Waals surface area contributed by atoms with Crippen molar-refractivity contribution in [3.63, 3.8) is 0 Å². The van der Waals surface area contributed by atoms with Gasteiger partial charge in [0.1, 0.15) is 11.8 Å². The molecule has 1 N–H and O–H groups in total. The third kappa shape index (κ3) is 3.82. The van der Waals surface area contributed by atoms with E-state index in [9.17, 15) is 4.79 Å². The minimum Gasteiger partial charge on any atom is -0.467 e. The van der Waals surface area contributed by atoms with E-state index in [1.54, 1.807) is 6.26 Å². The monoisotopic (exact) mass is 337 g/mol. The standard InChI is InChI=1S/C20H23N3O2/c1-13-8-14(2)10-17(9-13)20(24)21-12-18(19-6-5-7-25-19)23-16(4)11-15(3)22-23/h5-11,18H,12H2,1-4H3,(H,21,24). The highest BCUT2D eigenvalue weighted by molar-refractivity contribution is 5.94. The zero-order valence-electron chi connectivity index (χ0n) is 15.0. The van der Waals surface area contributed by atoms with Crippen LogP contribution in [0.5, 0.6) is 0 Å². The largest absolute Gasteiger partial charge is 0.467 e. The van der Waals surface area contributed by atoms with Crippen LogP contribution in [0.2, 0.25) is 0 Å². The fourth-order valence-electron chi connectivity index (χ4n) is 3.15. The summed E-state index contributed by atoms with van der Waals surface area (Å²) >= 11 is 0. The summed E-state index contributed by atoms with van der Waals surface area (Å²) in [6.07, 6.45) is 1.64. The molecule has 0 spiro atoms. The van der Waals surface area contributed by atoms with Gasteiger partial charge in [-0.05, 0) is 58.0 Å². The van der Waals surface area contributed by atoms with Crippen molar-refractivity contribution in [1.29, 1.82) is 0 Å². The van der Waals surface area contributed by atoms with Crippen LogP contribution >= 0.6 is 0 Å². The van der Waals surface area contributed by atoms with Gasteiger partial charge >= 0.3 is 0 Å². The smallest absolute Gasteiger partial charge is 0.251 e. The van der Waals surface area contributed by atoms with Crippen molar-refractivity contribution in [2.24, 2.45) is 0 Å². The van der Waals surface area contributed by atoms with Crippen molar-refractivity contribution in [3.8, 4) is 0 Å². The number of carbonyl (C=O) groups is 1. The lowest BCUT2D eigenvalue weighted by Gasteiger charge is -2.18. The lowest BCUT2D eigenvalue weighted by molar-refractivity contribution is 0.0947. The molecule has 0 radical (unpaired) electrons. The minimum absolute atomic E-state index is 0.0927. The van der Waals surface area contributed by atoms with Gasteiger partial charge in [0.05, 0.1) is 12.0 Å². The first kappa shape index (κ1) is 17.0. The molecule has 25 heavy (non-hydrogen) atoms. The van der Waals surface area contributed by atoms with E-state index in [0.29, 0.717) is 12.1 Å². The van der Waals surface area contributed by atoms with Gasteiger partial charge in [0.25, 0.3) is 5.91 Å². The lowest BCUT2D eigenvalue weighted by atomic mass is 10.1. The SMILES string of the molecule is Cc1cc(C)cc(C(=O)NCC(c2ccco2)n2nc(C)cc2C)c1. The summed E-state index contributed by atoms with van der Waals surface area (Å²) in [6.45, 7) is 8.34. The fourth-order valence-corrected chi connectivity index (χ4v) is 3.15. The van der Waals surface area contributed by atoms with Crippen LogP contribution in [0.25, 0.3) is 0 Å². The zero-order valence-corrected chi connectivity index (χ0v) is 15.0. The van der Waals surface area contributed by atoms with Gasteiger partial charge in [-0.25, -0.2) is 0 Å². The van der Waals surface area contributed by atoms with Crippen LogP contribution in [0.4, 0.5) is 0 Å². The van der Waals surface area contributed by atoms with Crippen LogP contribution in [-0.4, -0.2) is 22.2 Å². The van der Waals surface area contributed by atoms with Gasteiger partial charge in [0.2, 0.25) is 0 Å². The average molecular weight is 337 g/mol. The van der Waals surface area contributed by atoms with Crippen molar-refractivity contribution in [2.75, 3.05) is 6.54 Å². The Kier molecular flexibility index (Phi) is 4.74. The Balaban J connectivity index is 1.82. The Hall–Kier alpha value is -2.82. The molecule has 0 aliphatic rings. The molecule has 0 fully saturated rings. The topological polar surface area (TPSA) is 60.1 Å². The Morgan fingerprint density at radius 3 is 2.44 bits per heavy atom. The number of hydrogen-bond acceptors (Lipinski definition) is 3. The normalized spacial score (nSPS) is 12.2. The van der Waals surface area contributed by atoms with Gasteiger partial charge in [-0.1, -0.05) is 17.2 Å². The highest BCUT2D eigenvalue weighted by Gasteiger charge is 2.21. The Labute approximate surface area is 147 Å². The molecule has 0 aliphatic heterocycles. The predicted octanol–water partition coefficient (Wildman–Crippen LogP) is 3.73. The van der Waals surface area contributed by atoms with E-state index in [1.165, 1.54) is 0 Å². The van der Waals surface area contributed by atoms with Gasteiger partial charge in [-0.3, -0.25) is 9.48 Å².